The van der Waals surface area contributed by atoms with E-state index in [0.717, 1.165) is 12.0 Å². The standard InChI is InChI=1S/C16H18N2O2/c1-2-20-16(19)18-9-8-14(11-17)15(12-18)10-13-6-4-3-5-7-13/h3-8,15H,2,9-10,12H2,1H3. The summed E-state index contributed by atoms with van der Waals surface area (Å²) in [5, 5.41) is 9.21. The number of nitrogens with zero attached hydrogens (tertiary/aromatic N) is 2. The van der Waals surface area contributed by atoms with Crippen molar-refractivity contribution in [2.75, 3.05) is 19.7 Å². The van der Waals surface area contributed by atoms with Crippen molar-refractivity contribution < 1.29 is 9.53 Å². The fourth-order valence-corrected chi connectivity index (χ4v) is 2.39. The fourth-order valence-electron chi connectivity index (χ4n) is 2.39. The topological polar surface area (TPSA) is 53.3 Å². The molecule has 0 aromatic heterocycles. The van der Waals surface area contributed by atoms with E-state index in [9.17, 15) is 10.1 Å². The summed E-state index contributed by atoms with van der Waals surface area (Å²) in [5.74, 6) is 0.0422. The Morgan fingerprint density at radius 1 is 1.45 bits per heavy atom. The van der Waals surface area contributed by atoms with Crippen LogP contribution in [0.4, 0.5) is 4.79 Å². The lowest BCUT2D eigenvalue weighted by Crippen LogP contribution is -2.40. The normalized spacial score (nSPS) is 18.1. The number of carbonyl (C=O) groups is 1. The SMILES string of the molecule is CCOC(=O)N1CC=C(C#N)C(Cc2ccccc2)C1. The van der Waals surface area contributed by atoms with Crippen molar-refractivity contribution in [3.8, 4) is 6.07 Å². The molecule has 1 aromatic rings. The average Bonchev–Trinajstić information content (AvgIpc) is 2.48. The third-order valence-electron chi connectivity index (χ3n) is 3.39. The van der Waals surface area contributed by atoms with Crippen LogP contribution in [0.15, 0.2) is 42.0 Å². The molecule has 1 atom stereocenters. The molecule has 0 aliphatic carbocycles. The van der Waals surface area contributed by atoms with Crippen molar-refractivity contribution in [1.82, 2.24) is 4.90 Å². The smallest absolute Gasteiger partial charge is 0.410 e. The summed E-state index contributed by atoms with van der Waals surface area (Å²) in [6.45, 7) is 3.15. The molecule has 4 nitrogen and oxygen atoms in total. The number of hydrogen-bond acceptors (Lipinski definition) is 3. The molecule has 2 rings (SSSR count). The average molecular weight is 270 g/mol. The van der Waals surface area contributed by atoms with Gasteiger partial charge in [-0.15, -0.1) is 0 Å². The maximum atomic E-state index is 11.8. The molecule has 104 valence electrons. The maximum Gasteiger partial charge on any atom is 0.410 e. The molecule has 1 heterocycles. The molecular formula is C16H18N2O2. The van der Waals surface area contributed by atoms with Gasteiger partial charge in [-0.1, -0.05) is 36.4 Å². The summed E-state index contributed by atoms with van der Waals surface area (Å²) in [6, 6.07) is 12.3. The van der Waals surface area contributed by atoms with Crippen LogP contribution >= 0.6 is 0 Å². The molecule has 1 unspecified atom stereocenters. The van der Waals surface area contributed by atoms with Gasteiger partial charge in [0, 0.05) is 24.6 Å². The molecule has 0 spiro atoms. The van der Waals surface area contributed by atoms with E-state index in [1.54, 1.807) is 11.8 Å². The molecule has 0 radical (unpaired) electrons. The molecule has 1 amide bonds. The summed E-state index contributed by atoms with van der Waals surface area (Å²) >= 11 is 0. The zero-order valence-electron chi connectivity index (χ0n) is 11.6. The van der Waals surface area contributed by atoms with E-state index in [-0.39, 0.29) is 12.0 Å². The van der Waals surface area contributed by atoms with Gasteiger partial charge in [0.15, 0.2) is 0 Å². The highest BCUT2D eigenvalue weighted by atomic mass is 16.6. The highest BCUT2D eigenvalue weighted by molar-refractivity contribution is 5.68. The summed E-state index contributed by atoms with van der Waals surface area (Å²) in [6.07, 6.45) is 2.28. The van der Waals surface area contributed by atoms with Crippen molar-refractivity contribution in [1.29, 1.82) is 5.26 Å². The van der Waals surface area contributed by atoms with E-state index in [0.29, 0.717) is 19.7 Å². The second kappa shape index (κ2) is 6.76. The first-order valence-electron chi connectivity index (χ1n) is 6.80. The zero-order chi connectivity index (χ0) is 14.4. The Hall–Kier alpha value is -2.28. The molecule has 0 N–H and O–H groups in total. The predicted molar refractivity (Wildman–Crippen MR) is 75.9 cm³/mol. The van der Waals surface area contributed by atoms with E-state index in [1.165, 1.54) is 5.56 Å². The van der Waals surface area contributed by atoms with E-state index >= 15 is 0 Å². The van der Waals surface area contributed by atoms with Gasteiger partial charge in [0.05, 0.1) is 12.7 Å². The fraction of sp³-hybridized carbons (Fsp3) is 0.375. The van der Waals surface area contributed by atoms with Crippen LogP contribution in [0.5, 0.6) is 0 Å². The first-order chi connectivity index (χ1) is 9.74. The van der Waals surface area contributed by atoms with Gasteiger partial charge < -0.3 is 9.64 Å². The quantitative estimate of drug-likeness (QED) is 0.848. The summed E-state index contributed by atoms with van der Waals surface area (Å²) < 4.78 is 5.02. The first-order valence-corrected chi connectivity index (χ1v) is 6.80. The lowest BCUT2D eigenvalue weighted by molar-refractivity contribution is 0.105. The third kappa shape index (κ3) is 3.39. The molecule has 0 saturated heterocycles. The number of benzene rings is 1. The van der Waals surface area contributed by atoms with E-state index < -0.39 is 0 Å². The highest BCUT2D eigenvalue weighted by Crippen LogP contribution is 2.22. The second-order valence-corrected chi connectivity index (χ2v) is 4.76. The molecule has 1 aromatic carbocycles. The zero-order valence-corrected chi connectivity index (χ0v) is 11.6. The molecule has 1 aliphatic heterocycles. The van der Waals surface area contributed by atoms with Crippen LogP contribution in [-0.2, 0) is 11.2 Å². The van der Waals surface area contributed by atoms with Gasteiger partial charge in [-0.3, -0.25) is 0 Å². The van der Waals surface area contributed by atoms with Gasteiger partial charge in [0.25, 0.3) is 0 Å². The molecule has 0 bridgehead atoms. The summed E-state index contributed by atoms with van der Waals surface area (Å²) in [7, 11) is 0. The minimum absolute atomic E-state index is 0.0422. The van der Waals surface area contributed by atoms with Crippen LogP contribution in [-0.4, -0.2) is 30.7 Å². The Kier molecular flexibility index (Phi) is 4.78. The first kappa shape index (κ1) is 14.1. The van der Waals surface area contributed by atoms with Gasteiger partial charge in [-0.05, 0) is 18.9 Å². The number of amides is 1. The highest BCUT2D eigenvalue weighted by Gasteiger charge is 2.26. The third-order valence-corrected chi connectivity index (χ3v) is 3.39. The minimum Gasteiger partial charge on any atom is -0.450 e. The molecule has 20 heavy (non-hydrogen) atoms. The number of ether oxygens (including phenoxy) is 1. The van der Waals surface area contributed by atoms with Gasteiger partial charge in [0.2, 0.25) is 0 Å². The molecule has 4 heteroatoms. The monoisotopic (exact) mass is 270 g/mol. The van der Waals surface area contributed by atoms with Crippen LogP contribution in [0.3, 0.4) is 0 Å². The van der Waals surface area contributed by atoms with Crippen LogP contribution < -0.4 is 0 Å². The van der Waals surface area contributed by atoms with Crippen molar-refractivity contribution in [2.24, 2.45) is 5.92 Å². The lowest BCUT2D eigenvalue weighted by Gasteiger charge is -2.30. The van der Waals surface area contributed by atoms with Gasteiger partial charge in [-0.2, -0.15) is 5.26 Å². The molecule has 1 aliphatic rings. The Balaban J connectivity index is 2.09. The van der Waals surface area contributed by atoms with Crippen LogP contribution in [0, 0.1) is 17.2 Å². The lowest BCUT2D eigenvalue weighted by atomic mass is 9.89. The minimum atomic E-state index is -0.307. The van der Waals surface area contributed by atoms with Crippen molar-refractivity contribution in [3.05, 3.63) is 47.5 Å². The Bertz CT molecular complexity index is 531. The summed E-state index contributed by atoms with van der Waals surface area (Å²) in [5.41, 5.74) is 1.93. The number of rotatable bonds is 3. The summed E-state index contributed by atoms with van der Waals surface area (Å²) in [4.78, 5) is 13.4. The van der Waals surface area contributed by atoms with E-state index in [1.807, 2.05) is 36.4 Å². The van der Waals surface area contributed by atoms with Crippen molar-refractivity contribution >= 4 is 6.09 Å². The predicted octanol–water partition coefficient (Wildman–Crippen LogP) is 2.77. The van der Waals surface area contributed by atoms with Gasteiger partial charge in [0.1, 0.15) is 0 Å². The molecular weight excluding hydrogens is 252 g/mol. The Morgan fingerprint density at radius 2 is 2.20 bits per heavy atom. The number of hydrogen-bond donors (Lipinski definition) is 0. The number of carbonyl (C=O) groups excluding carboxylic acids is 1. The van der Waals surface area contributed by atoms with Crippen molar-refractivity contribution in [3.63, 3.8) is 0 Å². The van der Waals surface area contributed by atoms with Gasteiger partial charge >= 0.3 is 6.09 Å². The van der Waals surface area contributed by atoms with Gasteiger partial charge in [-0.25, -0.2) is 4.79 Å². The van der Waals surface area contributed by atoms with E-state index in [4.69, 9.17) is 4.74 Å². The second-order valence-electron chi connectivity index (χ2n) is 4.76. The Labute approximate surface area is 119 Å². The number of nitriles is 1. The van der Waals surface area contributed by atoms with Crippen molar-refractivity contribution in [2.45, 2.75) is 13.3 Å². The van der Waals surface area contributed by atoms with E-state index in [2.05, 4.69) is 6.07 Å². The molecule has 0 saturated carbocycles. The largest absolute Gasteiger partial charge is 0.450 e. The van der Waals surface area contributed by atoms with Crippen LogP contribution in [0.2, 0.25) is 0 Å². The molecule has 0 fully saturated rings. The van der Waals surface area contributed by atoms with Crippen LogP contribution in [0.25, 0.3) is 0 Å². The maximum absolute atomic E-state index is 11.8. The van der Waals surface area contributed by atoms with Crippen LogP contribution in [0.1, 0.15) is 12.5 Å². The Morgan fingerprint density at radius 3 is 2.85 bits per heavy atom.